The average molecular weight is 407 g/mol. The summed E-state index contributed by atoms with van der Waals surface area (Å²) >= 11 is 12.4. The largest absolute Gasteiger partial charge is 0.383 e. The number of carbonyl (C=O) groups excluding carboxylic acids is 2. The number of methoxy groups -OCH3 is 1. The maximum absolute atomic E-state index is 13.1. The second kappa shape index (κ2) is 8.30. The predicted octanol–water partition coefficient (Wildman–Crippen LogP) is 3.67. The van der Waals surface area contributed by atoms with Gasteiger partial charge in [-0.2, -0.15) is 0 Å². The SMILES string of the molecule is COCCNC(=O)C1c2ccccc2C(=O)N(C)C1c1cc(Cl)cc(Cl)c1. The highest BCUT2D eigenvalue weighted by atomic mass is 35.5. The normalized spacial score (nSPS) is 19.0. The van der Waals surface area contributed by atoms with Crippen molar-refractivity contribution in [3.05, 3.63) is 69.2 Å². The molecule has 1 heterocycles. The molecule has 0 aromatic heterocycles. The number of hydrogen-bond donors (Lipinski definition) is 1. The maximum atomic E-state index is 13.1. The lowest BCUT2D eigenvalue weighted by atomic mass is 9.79. The molecule has 2 unspecified atom stereocenters. The van der Waals surface area contributed by atoms with Crippen LogP contribution >= 0.6 is 23.2 Å². The topological polar surface area (TPSA) is 58.6 Å². The molecule has 2 aromatic rings. The number of ether oxygens (including phenoxy) is 1. The first-order chi connectivity index (χ1) is 12.9. The third-order valence-corrected chi connectivity index (χ3v) is 5.13. The molecule has 2 atom stereocenters. The van der Waals surface area contributed by atoms with Crippen LogP contribution in [0.5, 0.6) is 0 Å². The molecule has 1 aliphatic heterocycles. The molecule has 3 rings (SSSR count). The molecule has 1 aliphatic rings. The number of hydrogen-bond acceptors (Lipinski definition) is 3. The van der Waals surface area contributed by atoms with Crippen LogP contribution in [-0.2, 0) is 9.53 Å². The molecular formula is C20H20Cl2N2O3. The number of nitrogens with one attached hydrogen (secondary N) is 1. The van der Waals surface area contributed by atoms with Crippen LogP contribution in [0.1, 0.15) is 33.4 Å². The van der Waals surface area contributed by atoms with Crippen molar-refractivity contribution in [2.45, 2.75) is 12.0 Å². The van der Waals surface area contributed by atoms with E-state index in [1.165, 1.54) is 0 Å². The molecule has 27 heavy (non-hydrogen) atoms. The van der Waals surface area contributed by atoms with E-state index in [0.717, 1.165) is 0 Å². The molecular weight excluding hydrogens is 387 g/mol. The van der Waals surface area contributed by atoms with Gasteiger partial charge in [0.1, 0.15) is 0 Å². The van der Waals surface area contributed by atoms with Gasteiger partial charge in [0.15, 0.2) is 0 Å². The zero-order chi connectivity index (χ0) is 19.6. The highest BCUT2D eigenvalue weighted by molar-refractivity contribution is 6.34. The molecule has 0 saturated carbocycles. The van der Waals surface area contributed by atoms with E-state index in [0.29, 0.717) is 39.9 Å². The van der Waals surface area contributed by atoms with Gasteiger partial charge >= 0.3 is 0 Å². The number of carbonyl (C=O) groups is 2. The van der Waals surface area contributed by atoms with Crippen LogP contribution < -0.4 is 5.32 Å². The molecule has 1 N–H and O–H groups in total. The van der Waals surface area contributed by atoms with E-state index >= 15 is 0 Å². The molecule has 7 heteroatoms. The molecule has 0 aliphatic carbocycles. The zero-order valence-corrected chi connectivity index (χ0v) is 16.6. The zero-order valence-electron chi connectivity index (χ0n) is 15.0. The van der Waals surface area contributed by atoms with Crippen molar-refractivity contribution in [2.75, 3.05) is 27.3 Å². The van der Waals surface area contributed by atoms with Gasteiger partial charge in [-0.3, -0.25) is 9.59 Å². The highest BCUT2D eigenvalue weighted by Gasteiger charge is 2.42. The molecule has 2 amide bonds. The summed E-state index contributed by atoms with van der Waals surface area (Å²) in [7, 11) is 3.26. The van der Waals surface area contributed by atoms with Gasteiger partial charge in [-0.05, 0) is 35.4 Å². The smallest absolute Gasteiger partial charge is 0.254 e. The Hall–Kier alpha value is -2.08. The standard InChI is InChI=1S/C20H20Cl2N2O3/c1-24-18(12-9-13(21)11-14(22)10-12)17(19(25)23-7-8-27-2)15-5-3-4-6-16(15)20(24)26/h3-6,9-11,17-18H,7-8H2,1-2H3,(H,23,25). The first kappa shape index (κ1) is 19.7. The summed E-state index contributed by atoms with van der Waals surface area (Å²) in [6.45, 7) is 0.789. The Labute approximate surface area is 168 Å². The summed E-state index contributed by atoms with van der Waals surface area (Å²) in [5.74, 6) is -0.914. The number of amides is 2. The molecule has 0 radical (unpaired) electrons. The third-order valence-electron chi connectivity index (χ3n) is 4.69. The van der Waals surface area contributed by atoms with Gasteiger partial charge in [-0.1, -0.05) is 41.4 Å². The van der Waals surface area contributed by atoms with Gasteiger partial charge in [0.25, 0.3) is 5.91 Å². The Morgan fingerprint density at radius 2 is 1.85 bits per heavy atom. The quantitative estimate of drug-likeness (QED) is 0.770. The summed E-state index contributed by atoms with van der Waals surface area (Å²) in [5, 5.41) is 3.80. The average Bonchev–Trinajstić information content (AvgIpc) is 2.63. The first-order valence-corrected chi connectivity index (χ1v) is 9.28. The maximum Gasteiger partial charge on any atom is 0.254 e. The van der Waals surface area contributed by atoms with Crippen LogP contribution in [0.4, 0.5) is 0 Å². The fourth-order valence-electron chi connectivity index (χ4n) is 3.51. The van der Waals surface area contributed by atoms with Crippen LogP contribution in [0.3, 0.4) is 0 Å². The van der Waals surface area contributed by atoms with Crippen LogP contribution in [-0.4, -0.2) is 44.0 Å². The first-order valence-electron chi connectivity index (χ1n) is 8.52. The predicted molar refractivity (Wildman–Crippen MR) is 105 cm³/mol. The number of fused-ring (bicyclic) bond motifs is 1. The van der Waals surface area contributed by atoms with E-state index in [9.17, 15) is 9.59 Å². The molecule has 5 nitrogen and oxygen atoms in total. The van der Waals surface area contributed by atoms with Gasteiger partial charge in [0.05, 0.1) is 18.6 Å². The second-order valence-corrected chi connectivity index (χ2v) is 7.29. The van der Waals surface area contributed by atoms with Crippen molar-refractivity contribution < 1.29 is 14.3 Å². The van der Waals surface area contributed by atoms with Gasteiger partial charge in [-0.15, -0.1) is 0 Å². The monoisotopic (exact) mass is 406 g/mol. The van der Waals surface area contributed by atoms with Gasteiger partial charge < -0.3 is 15.0 Å². The van der Waals surface area contributed by atoms with E-state index in [-0.39, 0.29) is 11.8 Å². The van der Waals surface area contributed by atoms with Crippen molar-refractivity contribution in [1.29, 1.82) is 0 Å². The van der Waals surface area contributed by atoms with Crippen molar-refractivity contribution >= 4 is 35.0 Å². The van der Waals surface area contributed by atoms with Crippen molar-refractivity contribution in [2.24, 2.45) is 0 Å². The van der Waals surface area contributed by atoms with Crippen molar-refractivity contribution in [3.8, 4) is 0 Å². The fourth-order valence-corrected chi connectivity index (χ4v) is 4.05. The molecule has 2 aromatic carbocycles. The van der Waals surface area contributed by atoms with Gasteiger partial charge in [0.2, 0.25) is 5.91 Å². The number of likely N-dealkylation sites (N-methyl/N-ethyl adjacent to an activating group) is 1. The molecule has 0 spiro atoms. The second-order valence-electron chi connectivity index (χ2n) is 6.41. The summed E-state index contributed by atoms with van der Waals surface area (Å²) in [6.07, 6.45) is 0. The summed E-state index contributed by atoms with van der Waals surface area (Å²) in [4.78, 5) is 27.6. The summed E-state index contributed by atoms with van der Waals surface area (Å²) < 4.78 is 5.02. The number of benzene rings is 2. The minimum absolute atomic E-state index is 0.146. The van der Waals surface area contributed by atoms with E-state index < -0.39 is 12.0 Å². The number of halogens is 2. The van der Waals surface area contributed by atoms with E-state index in [2.05, 4.69) is 5.32 Å². The van der Waals surface area contributed by atoms with E-state index in [4.69, 9.17) is 27.9 Å². The van der Waals surface area contributed by atoms with Gasteiger partial charge in [0, 0.05) is 36.3 Å². The molecule has 0 fully saturated rings. The van der Waals surface area contributed by atoms with Gasteiger partial charge in [-0.25, -0.2) is 0 Å². The summed E-state index contributed by atoms with van der Waals surface area (Å²) in [6, 6.07) is 11.8. The van der Waals surface area contributed by atoms with Crippen LogP contribution in [0.2, 0.25) is 10.0 Å². The Bertz CT molecular complexity index is 852. The lowest BCUT2D eigenvalue weighted by Crippen LogP contribution is -2.46. The Kier molecular flexibility index (Phi) is 6.05. The number of nitrogens with zero attached hydrogens (tertiary/aromatic N) is 1. The number of rotatable bonds is 5. The Morgan fingerprint density at radius 3 is 2.52 bits per heavy atom. The highest BCUT2D eigenvalue weighted by Crippen LogP contribution is 2.43. The third kappa shape index (κ3) is 3.95. The summed E-state index contributed by atoms with van der Waals surface area (Å²) in [5.41, 5.74) is 1.93. The van der Waals surface area contributed by atoms with Crippen LogP contribution in [0.25, 0.3) is 0 Å². The minimum atomic E-state index is -0.588. The Balaban J connectivity index is 2.10. The van der Waals surface area contributed by atoms with Crippen LogP contribution in [0.15, 0.2) is 42.5 Å². The lowest BCUT2D eigenvalue weighted by Gasteiger charge is -2.39. The van der Waals surface area contributed by atoms with E-state index in [1.807, 2.05) is 12.1 Å². The molecule has 142 valence electrons. The molecule has 0 saturated heterocycles. The van der Waals surface area contributed by atoms with Crippen molar-refractivity contribution in [1.82, 2.24) is 10.2 Å². The fraction of sp³-hybridized carbons (Fsp3) is 0.300. The van der Waals surface area contributed by atoms with Crippen LogP contribution in [0, 0.1) is 0 Å². The minimum Gasteiger partial charge on any atom is -0.383 e. The lowest BCUT2D eigenvalue weighted by molar-refractivity contribution is -0.124. The Morgan fingerprint density at radius 1 is 1.19 bits per heavy atom. The molecule has 0 bridgehead atoms. The van der Waals surface area contributed by atoms with E-state index in [1.54, 1.807) is 49.4 Å². The van der Waals surface area contributed by atoms with Crippen molar-refractivity contribution in [3.63, 3.8) is 0 Å².